The molecule has 1 atom stereocenters. The number of nitrogens with zero attached hydrogens (tertiary/aromatic N) is 2. The molecule has 0 amide bonds. The third kappa shape index (κ3) is 5.08. The van der Waals surface area contributed by atoms with Crippen LogP contribution in [0.3, 0.4) is 0 Å². The molecule has 0 saturated carbocycles. The van der Waals surface area contributed by atoms with Crippen LogP contribution in [0.2, 0.25) is 0 Å². The number of hydrogen-bond donors (Lipinski definition) is 0. The Labute approximate surface area is 375 Å². The molecule has 1 unspecified atom stereocenters. The van der Waals surface area contributed by atoms with Crippen LogP contribution in [-0.2, 0) is 10.8 Å². The molecule has 13 rings (SSSR count). The number of anilines is 6. The van der Waals surface area contributed by atoms with Crippen molar-refractivity contribution in [2.24, 2.45) is 0 Å². The van der Waals surface area contributed by atoms with Gasteiger partial charge < -0.3 is 9.80 Å². The van der Waals surface area contributed by atoms with Gasteiger partial charge in [0, 0.05) is 39.4 Å². The van der Waals surface area contributed by atoms with Crippen molar-refractivity contribution in [2.45, 2.75) is 24.7 Å². The van der Waals surface area contributed by atoms with E-state index in [1.807, 2.05) is 0 Å². The highest BCUT2D eigenvalue weighted by Gasteiger charge is 2.52. The van der Waals surface area contributed by atoms with Gasteiger partial charge in [-0.15, -0.1) is 0 Å². The van der Waals surface area contributed by atoms with E-state index < -0.39 is 5.41 Å². The van der Waals surface area contributed by atoms with Gasteiger partial charge in [0.15, 0.2) is 0 Å². The van der Waals surface area contributed by atoms with Crippen LogP contribution in [0.5, 0.6) is 0 Å². The van der Waals surface area contributed by atoms with E-state index in [0.29, 0.717) is 0 Å². The van der Waals surface area contributed by atoms with Gasteiger partial charge in [0.1, 0.15) is 0 Å². The third-order valence-corrected chi connectivity index (χ3v) is 14.4. The normalized spacial score (nSPS) is 15.5. The fourth-order valence-corrected chi connectivity index (χ4v) is 11.7. The minimum atomic E-state index is -0.556. The predicted octanol–water partition coefficient (Wildman–Crippen LogP) is 16.4. The number of hydrogen-bond acceptors (Lipinski definition) is 2. The smallest absolute Gasteiger partial charge is 0.0727 e. The lowest BCUT2D eigenvalue weighted by Crippen LogP contribution is -2.26. The fourth-order valence-electron chi connectivity index (χ4n) is 11.7. The summed E-state index contributed by atoms with van der Waals surface area (Å²) in [6, 6.07) is 85.8. The Morgan fingerprint density at radius 2 is 0.750 bits per heavy atom. The summed E-state index contributed by atoms with van der Waals surface area (Å²) in [7, 11) is 0. The molecule has 64 heavy (non-hydrogen) atoms. The van der Waals surface area contributed by atoms with E-state index in [1.165, 1.54) is 77.5 Å². The standard InChI is InChI=1S/C62H44N2/c1-61(2)53-27-14-11-24-48(53)50-36-34-46(39-57(50)61)63(43-20-5-3-6-21-43)47-35-37-51-49-25-12-15-28-54(49)62(58(51)40-47)55-29-16-13-26-52(55)60-56(62)30-17-31-59(60)64(44-22-7-4-8-23-44)45-33-32-41-18-9-10-19-42(41)38-45/h3-40H,1-2H3. The lowest BCUT2D eigenvalue weighted by Gasteiger charge is -2.33. The van der Waals surface area contributed by atoms with Crippen LogP contribution in [0.4, 0.5) is 34.1 Å². The lowest BCUT2D eigenvalue weighted by atomic mass is 9.70. The molecule has 0 aromatic heterocycles. The molecule has 2 nitrogen and oxygen atoms in total. The Balaban J connectivity index is 1.06. The van der Waals surface area contributed by atoms with Crippen LogP contribution in [0.15, 0.2) is 231 Å². The van der Waals surface area contributed by atoms with Gasteiger partial charge in [-0.3, -0.25) is 0 Å². The summed E-state index contributed by atoms with van der Waals surface area (Å²) in [6.45, 7) is 4.74. The third-order valence-electron chi connectivity index (χ3n) is 14.4. The maximum atomic E-state index is 2.51. The zero-order chi connectivity index (χ0) is 42.6. The fraction of sp³-hybridized carbons (Fsp3) is 0.0645. The summed E-state index contributed by atoms with van der Waals surface area (Å²) in [5.41, 5.74) is 21.9. The summed E-state index contributed by atoms with van der Waals surface area (Å²) in [6.07, 6.45) is 0. The monoisotopic (exact) mass is 816 g/mol. The molecule has 302 valence electrons. The summed E-state index contributed by atoms with van der Waals surface area (Å²) in [4.78, 5) is 4.93. The highest BCUT2D eigenvalue weighted by atomic mass is 15.2. The van der Waals surface area contributed by atoms with Crippen molar-refractivity contribution in [3.8, 4) is 33.4 Å². The van der Waals surface area contributed by atoms with E-state index in [1.54, 1.807) is 0 Å². The zero-order valence-electron chi connectivity index (χ0n) is 35.8. The van der Waals surface area contributed by atoms with Gasteiger partial charge in [0.2, 0.25) is 0 Å². The Morgan fingerprint density at radius 3 is 1.45 bits per heavy atom. The first-order chi connectivity index (χ1) is 31.5. The SMILES string of the molecule is CC1(C)c2ccccc2-c2ccc(N(c3ccccc3)c3ccc4c(c3)C3(c5ccccc5-4)c4ccccc4-c4c(N(c5ccccc5)c5ccc6ccccc6c5)cccc43)cc21. The second kappa shape index (κ2) is 13.8. The highest BCUT2D eigenvalue weighted by Crippen LogP contribution is 2.65. The lowest BCUT2D eigenvalue weighted by molar-refractivity contribution is 0.660. The molecule has 2 heteroatoms. The van der Waals surface area contributed by atoms with Crippen LogP contribution in [0, 0.1) is 0 Å². The number of para-hydroxylation sites is 2. The molecule has 0 bridgehead atoms. The van der Waals surface area contributed by atoms with E-state index >= 15 is 0 Å². The van der Waals surface area contributed by atoms with Crippen LogP contribution in [0.1, 0.15) is 47.2 Å². The predicted molar refractivity (Wildman–Crippen MR) is 267 cm³/mol. The minimum absolute atomic E-state index is 0.122. The molecule has 0 heterocycles. The van der Waals surface area contributed by atoms with E-state index in [0.717, 1.165) is 34.1 Å². The minimum Gasteiger partial charge on any atom is -0.310 e. The second-order valence-corrected chi connectivity index (χ2v) is 18.0. The van der Waals surface area contributed by atoms with E-state index in [-0.39, 0.29) is 5.41 Å². The first-order valence-corrected chi connectivity index (χ1v) is 22.4. The summed E-state index contributed by atoms with van der Waals surface area (Å²) in [5.74, 6) is 0. The van der Waals surface area contributed by atoms with Crippen molar-refractivity contribution in [2.75, 3.05) is 9.80 Å². The molecule has 0 fully saturated rings. The Kier molecular flexibility index (Phi) is 7.90. The topological polar surface area (TPSA) is 6.48 Å². The van der Waals surface area contributed by atoms with Gasteiger partial charge in [-0.1, -0.05) is 178 Å². The first kappa shape index (κ1) is 36.7. The Hall–Kier alpha value is -7.94. The van der Waals surface area contributed by atoms with Gasteiger partial charge in [-0.05, 0) is 139 Å². The van der Waals surface area contributed by atoms with E-state index in [9.17, 15) is 0 Å². The van der Waals surface area contributed by atoms with Crippen molar-refractivity contribution >= 4 is 44.9 Å². The summed E-state index contributed by atoms with van der Waals surface area (Å²) < 4.78 is 0. The molecule has 10 aromatic rings. The second-order valence-electron chi connectivity index (χ2n) is 18.0. The maximum absolute atomic E-state index is 2.51. The van der Waals surface area contributed by atoms with Crippen LogP contribution in [-0.4, -0.2) is 0 Å². The molecule has 0 radical (unpaired) electrons. The van der Waals surface area contributed by atoms with Crippen molar-refractivity contribution < 1.29 is 0 Å². The zero-order valence-corrected chi connectivity index (χ0v) is 35.8. The van der Waals surface area contributed by atoms with Crippen molar-refractivity contribution in [1.82, 2.24) is 0 Å². The molecule has 10 aromatic carbocycles. The molecule has 0 N–H and O–H groups in total. The van der Waals surface area contributed by atoms with Crippen molar-refractivity contribution in [3.63, 3.8) is 0 Å². The van der Waals surface area contributed by atoms with Gasteiger partial charge in [-0.25, -0.2) is 0 Å². The Bertz CT molecular complexity index is 3490. The quantitative estimate of drug-likeness (QED) is 0.165. The molecular weight excluding hydrogens is 773 g/mol. The van der Waals surface area contributed by atoms with Gasteiger partial charge in [0.05, 0.1) is 11.1 Å². The molecule has 0 saturated heterocycles. The first-order valence-electron chi connectivity index (χ1n) is 22.4. The average Bonchev–Trinajstić information content (AvgIpc) is 3.91. The highest BCUT2D eigenvalue weighted by molar-refractivity contribution is 6.02. The van der Waals surface area contributed by atoms with Crippen molar-refractivity contribution in [1.29, 1.82) is 0 Å². The largest absolute Gasteiger partial charge is 0.310 e. The molecule has 3 aliphatic rings. The molecular formula is C62H44N2. The van der Waals surface area contributed by atoms with Gasteiger partial charge in [-0.2, -0.15) is 0 Å². The van der Waals surface area contributed by atoms with E-state index in [4.69, 9.17) is 0 Å². The van der Waals surface area contributed by atoms with Crippen molar-refractivity contribution in [3.05, 3.63) is 264 Å². The van der Waals surface area contributed by atoms with Gasteiger partial charge in [0.25, 0.3) is 0 Å². The number of benzene rings is 10. The molecule has 0 aliphatic heterocycles. The average molecular weight is 817 g/mol. The maximum Gasteiger partial charge on any atom is 0.0727 e. The number of fused-ring (bicyclic) bond motifs is 14. The van der Waals surface area contributed by atoms with Crippen LogP contribution in [0.25, 0.3) is 44.2 Å². The van der Waals surface area contributed by atoms with E-state index in [2.05, 4.69) is 254 Å². The van der Waals surface area contributed by atoms with Crippen LogP contribution < -0.4 is 9.80 Å². The number of rotatable bonds is 6. The Morgan fingerprint density at radius 1 is 0.281 bits per heavy atom. The van der Waals surface area contributed by atoms with Crippen LogP contribution >= 0.6 is 0 Å². The summed E-state index contributed by atoms with van der Waals surface area (Å²) >= 11 is 0. The molecule has 1 spiro atoms. The summed E-state index contributed by atoms with van der Waals surface area (Å²) in [5, 5.41) is 2.45. The van der Waals surface area contributed by atoms with Gasteiger partial charge >= 0.3 is 0 Å². The molecule has 3 aliphatic carbocycles.